The summed E-state index contributed by atoms with van der Waals surface area (Å²) in [5, 5.41) is 12.2. The van der Waals surface area contributed by atoms with E-state index in [-0.39, 0.29) is 17.4 Å². The third kappa shape index (κ3) is 2.76. The van der Waals surface area contributed by atoms with Crippen LogP contribution < -0.4 is 0 Å². The maximum absolute atomic E-state index is 11.1. The summed E-state index contributed by atoms with van der Waals surface area (Å²) in [5.74, 6) is -0.282. The van der Waals surface area contributed by atoms with E-state index in [1.165, 1.54) is 0 Å². The summed E-state index contributed by atoms with van der Waals surface area (Å²) < 4.78 is 0.962. The molecule has 0 unspecified atom stereocenters. The van der Waals surface area contributed by atoms with Crippen molar-refractivity contribution >= 4 is 26.8 Å². The maximum atomic E-state index is 11.1. The Morgan fingerprint density at radius 3 is 2.50 bits per heavy atom. The maximum Gasteiger partial charge on any atom is 0.216 e. The molecular weight excluding hydrogens is 344 g/mol. The molecule has 2 aromatic carbocycles. The van der Waals surface area contributed by atoms with E-state index in [2.05, 4.69) is 20.9 Å². The van der Waals surface area contributed by atoms with Crippen molar-refractivity contribution in [1.29, 1.82) is 0 Å². The molecule has 0 aliphatic rings. The quantitative estimate of drug-likeness (QED) is 0.545. The van der Waals surface area contributed by atoms with Gasteiger partial charge in [0.25, 0.3) is 0 Å². The molecule has 0 radical (unpaired) electrons. The van der Waals surface area contributed by atoms with Crippen molar-refractivity contribution in [2.24, 2.45) is 0 Å². The molecule has 1 aromatic heterocycles. The first-order chi connectivity index (χ1) is 10.6. The van der Waals surface area contributed by atoms with Gasteiger partial charge >= 0.3 is 0 Å². The fourth-order valence-corrected chi connectivity index (χ4v) is 3.12. The number of halogens is 1. The van der Waals surface area contributed by atoms with Crippen LogP contribution in [0.2, 0.25) is 0 Å². The van der Waals surface area contributed by atoms with Crippen molar-refractivity contribution in [3.63, 3.8) is 0 Å². The average molecular weight is 359 g/mol. The average Bonchev–Trinajstić information content (AvgIpc) is 2.83. The van der Waals surface area contributed by atoms with E-state index in [9.17, 15) is 10.1 Å². The van der Waals surface area contributed by atoms with Crippen LogP contribution in [0.3, 0.4) is 0 Å². The predicted octanol–water partition coefficient (Wildman–Crippen LogP) is 4.65. The number of H-pyrrole nitrogens is 1. The van der Waals surface area contributed by atoms with Crippen molar-refractivity contribution < 1.29 is 4.92 Å². The van der Waals surface area contributed by atoms with Crippen LogP contribution in [0.5, 0.6) is 0 Å². The van der Waals surface area contributed by atoms with Gasteiger partial charge in [0.15, 0.2) is 0 Å². The Bertz CT molecular complexity index is 824. The largest absolute Gasteiger partial charge is 0.357 e. The number of rotatable bonds is 4. The summed E-state index contributed by atoms with van der Waals surface area (Å²) in [4.78, 5) is 14.2. The van der Waals surface area contributed by atoms with Gasteiger partial charge < -0.3 is 4.98 Å². The summed E-state index contributed by atoms with van der Waals surface area (Å²) >= 11 is 3.40. The highest BCUT2D eigenvalue weighted by Crippen LogP contribution is 2.32. The summed E-state index contributed by atoms with van der Waals surface area (Å²) in [6, 6.07) is 15.7. The molecule has 1 atom stereocenters. The highest BCUT2D eigenvalue weighted by Gasteiger charge is 2.24. The fourth-order valence-electron chi connectivity index (χ4n) is 2.86. The smallest absolute Gasteiger partial charge is 0.216 e. The van der Waals surface area contributed by atoms with Crippen LogP contribution in [0.25, 0.3) is 10.9 Å². The Labute approximate surface area is 136 Å². The molecule has 1 N–H and O–H groups in total. The lowest BCUT2D eigenvalue weighted by atomic mass is 9.93. The number of nitrogens with zero attached hydrogens (tertiary/aromatic N) is 1. The first kappa shape index (κ1) is 14.8. The van der Waals surface area contributed by atoms with Crippen LogP contribution in [-0.2, 0) is 0 Å². The highest BCUT2D eigenvalue weighted by molar-refractivity contribution is 9.10. The molecule has 3 aromatic rings. The van der Waals surface area contributed by atoms with Gasteiger partial charge in [-0.3, -0.25) is 10.1 Å². The van der Waals surface area contributed by atoms with Crippen LogP contribution in [0.4, 0.5) is 0 Å². The lowest BCUT2D eigenvalue weighted by Crippen LogP contribution is -2.15. The van der Waals surface area contributed by atoms with E-state index in [0.29, 0.717) is 0 Å². The number of fused-ring (bicyclic) bond motifs is 1. The molecule has 0 amide bonds. The van der Waals surface area contributed by atoms with E-state index >= 15 is 0 Å². The second-order valence-electron chi connectivity index (χ2n) is 5.33. The van der Waals surface area contributed by atoms with Crippen molar-refractivity contribution in [3.8, 4) is 0 Å². The molecule has 0 saturated carbocycles. The summed E-state index contributed by atoms with van der Waals surface area (Å²) in [6.45, 7) is 1.88. The number of hydrogen-bond acceptors (Lipinski definition) is 2. The van der Waals surface area contributed by atoms with E-state index in [4.69, 9.17) is 0 Å². The molecule has 0 fully saturated rings. The van der Waals surface area contributed by atoms with Crippen molar-refractivity contribution in [1.82, 2.24) is 4.98 Å². The Balaban J connectivity index is 2.13. The topological polar surface area (TPSA) is 58.9 Å². The second kappa shape index (κ2) is 5.93. The molecule has 5 heteroatoms. The number of benzene rings is 2. The monoisotopic (exact) mass is 358 g/mol. The van der Waals surface area contributed by atoms with Gasteiger partial charge in [-0.05, 0) is 36.2 Å². The van der Waals surface area contributed by atoms with Gasteiger partial charge in [-0.2, -0.15) is 0 Å². The lowest BCUT2D eigenvalue weighted by Gasteiger charge is -2.13. The van der Waals surface area contributed by atoms with Gasteiger partial charge in [0.05, 0.1) is 5.92 Å². The number of para-hydroxylation sites is 1. The van der Waals surface area contributed by atoms with Gasteiger partial charge in [0.2, 0.25) is 6.54 Å². The van der Waals surface area contributed by atoms with Crippen molar-refractivity contribution in [2.45, 2.75) is 12.8 Å². The first-order valence-corrected chi connectivity index (χ1v) is 7.80. The fraction of sp³-hybridized carbons (Fsp3) is 0.176. The zero-order chi connectivity index (χ0) is 15.7. The number of nitro groups is 1. The zero-order valence-corrected chi connectivity index (χ0v) is 13.6. The molecule has 0 aliphatic carbocycles. The minimum absolute atomic E-state index is 0.130. The summed E-state index contributed by atoms with van der Waals surface area (Å²) in [5.41, 5.74) is 3.95. The highest BCUT2D eigenvalue weighted by atomic mass is 79.9. The van der Waals surface area contributed by atoms with Crippen LogP contribution in [-0.4, -0.2) is 16.5 Å². The number of hydrogen-bond donors (Lipinski definition) is 1. The van der Waals surface area contributed by atoms with Crippen LogP contribution in [0, 0.1) is 17.0 Å². The van der Waals surface area contributed by atoms with E-state index in [0.717, 1.165) is 32.2 Å². The summed E-state index contributed by atoms with van der Waals surface area (Å²) in [6.07, 6.45) is 0. The molecule has 0 saturated heterocycles. The molecule has 0 bridgehead atoms. The van der Waals surface area contributed by atoms with Crippen LogP contribution >= 0.6 is 15.9 Å². The van der Waals surface area contributed by atoms with Gasteiger partial charge in [0.1, 0.15) is 0 Å². The number of nitrogens with one attached hydrogen (secondary N) is 1. The van der Waals surface area contributed by atoms with Gasteiger partial charge in [-0.15, -0.1) is 0 Å². The summed E-state index contributed by atoms with van der Waals surface area (Å²) in [7, 11) is 0. The molecule has 4 nitrogen and oxygen atoms in total. The molecule has 3 rings (SSSR count). The Morgan fingerprint density at radius 1 is 1.18 bits per heavy atom. The molecule has 112 valence electrons. The Hall–Kier alpha value is -2.14. The van der Waals surface area contributed by atoms with Crippen LogP contribution in [0.15, 0.2) is 53.0 Å². The minimum Gasteiger partial charge on any atom is -0.357 e. The van der Waals surface area contributed by atoms with Crippen LogP contribution in [0.1, 0.15) is 22.7 Å². The van der Waals surface area contributed by atoms with Crippen molar-refractivity contribution in [3.05, 3.63) is 79.9 Å². The molecule has 1 heterocycles. The molecular formula is C17H15BrN2O2. The first-order valence-electron chi connectivity index (χ1n) is 7.00. The van der Waals surface area contributed by atoms with Gasteiger partial charge in [-0.1, -0.05) is 46.3 Å². The van der Waals surface area contributed by atoms with Gasteiger partial charge in [-0.25, -0.2) is 0 Å². The third-order valence-corrected chi connectivity index (χ3v) is 4.49. The van der Waals surface area contributed by atoms with Gasteiger partial charge in [0, 0.05) is 26.0 Å². The predicted molar refractivity (Wildman–Crippen MR) is 90.9 cm³/mol. The van der Waals surface area contributed by atoms with Crippen molar-refractivity contribution in [2.75, 3.05) is 6.54 Å². The number of aromatic amines is 1. The third-order valence-electron chi connectivity index (χ3n) is 3.96. The normalized spacial score (nSPS) is 12.5. The van der Waals surface area contributed by atoms with E-state index in [1.54, 1.807) is 0 Å². The molecule has 22 heavy (non-hydrogen) atoms. The number of aromatic nitrogens is 1. The van der Waals surface area contributed by atoms with E-state index in [1.807, 2.05) is 55.5 Å². The Kier molecular flexibility index (Phi) is 3.98. The number of aryl methyl sites for hydroxylation is 1. The zero-order valence-electron chi connectivity index (χ0n) is 12.0. The minimum atomic E-state index is -0.282. The van der Waals surface area contributed by atoms with E-state index < -0.39 is 0 Å². The Morgan fingerprint density at radius 2 is 1.86 bits per heavy atom. The SMILES string of the molecule is Cc1c([C@@H](C[N+](=O)[O-])c2ccc(Br)cc2)[nH]c2ccccc12. The second-order valence-corrected chi connectivity index (χ2v) is 6.24. The standard InChI is InChI=1S/C17H15BrN2O2/c1-11-14-4-2-3-5-16(14)19-17(11)15(10-20(21)22)12-6-8-13(18)9-7-12/h2-9,15,19H,10H2,1H3/t15-/m0/s1. The lowest BCUT2D eigenvalue weighted by molar-refractivity contribution is -0.482. The molecule has 0 aliphatic heterocycles. The molecule has 0 spiro atoms.